The molecule has 2 aromatic carbocycles. The van der Waals surface area contributed by atoms with E-state index in [1.807, 2.05) is 12.1 Å². The number of carbonyl (C=O) groups excluding carboxylic acids is 2. The molecule has 2 aliphatic heterocycles. The molecule has 0 radical (unpaired) electrons. The third-order valence-electron chi connectivity index (χ3n) is 3.80. The van der Waals surface area contributed by atoms with E-state index < -0.39 is 12.6 Å². The summed E-state index contributed by atoms with van der Waals surface area (Å²) in [6.07, 6.45) is -1.93. The first-order chi connectivity index (χ1) is 11.3. The monoisotopic (exact) mass is 308 g/mol. The second kappa shape index (κ2) is 5.55. The smallest absolute Gasteiger partial charge is 0.224 e. The Bertz CT molecular complexity index is 727. The number of hydrogen-bond acceptors (Lipinski definition) is 5. The molecule has 4 rings (SSSR count). The number of benzene rings is 2. The Kier molecular flexibility index (Phi) is 3.38. The molecule has 5 heteroatoms. The van der Waals surface area contributed by atoms with Crippen LogP contribution in [0.5, 0.6) is 0 Å². The first kappa shape index (κ1) is 14.0. The van der Waals surface area contributed by atoms with E-state index in [9.17, 15) is 9.59 Å². The molecular formula is C18H12O5. The minimum Gasteiger partial charge on any atom is -0.309 e. The summed E-state index contributed by atoms with van der Waals surface area (Å²) >= 11 is 0. The fourth-order valence-corrected chi connectivity index (χ4v) is 2.69. The van der Waals surface area contributed by atoms with Gasteiger partial charge in [-0.3, -0.25) is 9.59 Å². The summed E-state index contributed by atoms with van der Waals surface area (Å²) in [5, 5.41) is 0. The first-order valence-corrected chi connectivity index (χ1v) is 7.17. The second-order valence-electron chi connectivity index (χ2n) is 5.21. The fraction of sp³-hybridized carbons (Fsp3) is 0.111. The number of Topliss-reactive ketones (excluding diaryl/α,β-unsaturated/α-hetero) is 2. The molecule has 2 unspecified atom stereocenters. The zero-order valence-corrected chi connectivity index (χ0v) is 12.0. The molecule has 2 aromatic rings. The lowest BCUT2D eigenvalue weighted by atomic mass is 9.94. The molecule has 1 fully saturated rings. The van der Waals surface area contributed by atoms with Crippen LogP contribution < -0.4 is 0 Å². The van der Waals surface area contributed by atoms with Crippen molar-refractivity contribution >= 4 is 11.6 Å². The molecule has 2 bridgehead atoms. The van der Waals surface area contributed by atoms with Crippen molar-refractivity contribution in [2.75, 3.05) is 0 Å². The van der Waals surface area contributed by atoms with Crippen molar-refractivity contribution in [1.29, 1.82) is 0 Å². The van der Waals surface area contributed by atoms with Gasteiger partial charge >= 0.3 is 0 Å². The summed E-state index contributed by atoms with van der Waals surface area (Å²) in [5.41, 5.74) is 1.36. The lowest BCUT2D eigenvalue weighted by Gasteiger charge is -2.14. The van der Waals surface area contributed by atoms with Crippen molar-refractivity contribution in [3.05, 3.63) is 82.9 Å². The maximum absolute atomic E-state index is 12.8. The van der Waals surface area contributed by atoms with Crippen LogP contribution in [-0.4, -0.2) is 24.1 Å². The van der Waals surface area contributed by atoms with E-state index in [0.29, 0.717) is 11.1 Å². The minimum absolute atomic E-state index is 0.210. The van der Waals surface area contributed by atoms with Crippen LogP contribution in [0.15, 0.2) is 71.8 Å². The SMILES string of the molecule is O=C(C1=C(C(=O)c2ccccc2)C2OOC1O2)c1ccccc1. The van der Waals surface area contributed by atoms with Gasteiger partial charge in [-0.25, -0.2) is 0 Å². The maximum atomic E-state index is 12.8. The molecule has 0 N–H and O–H groups in total. The van der Waals surface area contributed by atoms with Gasteiger partial charge in [-0.2, -0.15) is 9.78 Å². The summed E-state index contributed by atoms with van der Waals surface area (Å²) in [6.45, 7) is 0. The minimum atomic E-state index is -0.963. The highest BCUT2D eigenvalue weighted by molar-refractivity contribution is 6.19. The zero-order chi connectivity index (χ0) is 15.8. The number of hydrogen-bond donors (Lipinski definition) is 0. The summed E-state index contributed by atoms with van der Waals surface area (Å²) in [7, 11) is 0. The first-order valence-electron chi connectivity index (χ1n) is 7.17. The lowest BCUT2D eigenvalue weighted by molar-refractivity contribution is -0.289. The predicted molar refractivity (Wildman–Crippen MR) is 79.4 cm³/mol. The van der Waals surface area contributed by atoms with Gasteiger partial charge in [0.2, 0.25) is 12.6 Å². The Morgan fingerprint density at radius 3 is 1.43 bits per heavy atom. The highest BCUT2D eigenvalue weighted by atomic mass is 17.3. The van der Waals surface area contributed by atoms with Crippen molar-refractivity contribution < 1.29 is 24.1 Å². The second-order valence-corrected chi connectivity index (χ2v) is 5.21. The van der Waals surface area contributed by atoms with Crippen molar-refractivity contribution in [3.63, 3.8) is 0 Å². The molecule has 23 heavy (non-hydrogen) atoms. The quantitative estimate of drug-likeness (QED) is 0.642. The van der Waals surface area contributed by atoms with E-state index in [-0.39, 0.29) is 22.7 Å². The third kappa shape index (κ3) is 2.31. The van der Waals surface area contributed by atoms with Crippen LogP contribution in [0, 0.1) is 0 Å². The number of ether oxygens (including phenoxy) is 1. The van der Waals surface area contributed by atoms with Crippen molar-refractivity contribution in [2.45, 2.75) is 12.6 Å². The van der Waals surface area contributed by atoms with Crippen LogP contribution in [-0.2, 0) is 14.5 Å². The summed E-state index contributed by atoms with van der Waals surface area (Å²) in [4.78, 5) is 35.5. The van der Waals surface area contributed by atoms with Crippen LogP contribution >= 0.6 is 0 Å². The summed E-state index contributed by atoms with van der Waals surface area (Å²) < 4.78 is 5.42. The van der Waals surface area contributed by atoms with E-state index >= 15 is 0 Å². The molecule has 0 saturated carbocycles. The molecule has 5 nitrogen and oxygen atoms in total. The van der Waals surface area contributed by atoms with Gasteiger partial charge in [0.25, 0.3) is 0 Å². The van der Waals surface area contributed by atoms with Crippen molar-refractivity contribution in [3.8, 4) is 0 Å². The molecule has 2 aliphatic rings. The molecule has 2 atom stereocenters. The molecule has 114 valence electrons. The third-order valence-corrected chi connectivity index (χ3v) is 3.80. The molecule has 0 spiro atoms. The maximum Gasteiger partial charge on any atom is 0.224 e. The molecule has 2 heterocycles. The highest BCUT2D eigenvalue weighted by Crippen LogP contribution is 2.38. The number of rotatable bonds is 4. The zero-order valence-electron chi connectivity index (χ0n) is 12.0. The predicted octanol–water partition coefficient (Wildman–Crippen LogP) is 2.69. The van der Waals surface area contributed by atoms with E-state index in [4.69, 9.17) is 14.5 Å². The Labute approximate surface area is 132 Å². The van der Waals surface area contributed by atoms with Gasteiger partial charge in [0.15, 0.2) is 11.6 Å². The summed E-state index contributed by atoms with van der Waals surface area (Å²) in [5.74, 6) is -0.582. The number of fused-ring (bicyclic) bond motifs is 2. The van der Waals surface area contributed by atoms with Crippen LogP contribution in [0.3, 0.4) is 0 Å². The van der Waals surface area contributed by atoms with Gasteiger partial charge < -0.3 is 4.74 Å². The highest BCUT2D eigenvalue weighted by Gasteiger charge is 2.49. The fourth-order valence-electron chi connectivity index (χ4n) is 2.69. The normalized spacial score (nSPS) is 22.4. The molecule has 1 saturated heterocycles. The van der Waals surface area contributed by atoms with Gasteiger partial charge in [0.1, 0.15) is 0 Å². The van der Waals surface area contributed by atoms with Gasteiger partial charge in [-0.1, -0.05) is 60.7 Å². The van der Waals surface area contributed by atoms with E-state index in [1.165, 1.54) is 0 Å². The van der Waals surface area contributed by atoms with Gasteiger partial charge in [-0.15, -0.1) is 0 Å². The largest absolute Gasteiger partial charge is 0.309 e. The van der Waals surface area contributed by atoms with Gasteiger partial charge in [0, 0.05) is 11.1 Å². The van der Waals surface area contributed by atoms with E-state index in [0.717, 1.165) is 0 Å². The van der Waals surface area contributed by atoms with Crippen LogP contribution in [0.1, 0.15) is 20.7 Å². The lowest BCUT2D eigenvalue weighted by Crippen LogP contribution is -2.24. The molecule has 0 aliphatic carbocycles. The van der Waals surface area contributed by atoms with Gasteiger partial charge in [0.05, 0.1) is 11.1 Å². The Morgan fingerprint density at radius 1 is 0.652 bits per heavy atom. The Hall–Kier alpha value is -2.60. The van der Waals surface area contributed by atoms with Crippen LogP contribution in [0.4, 0.5) is 0 Å². The van der Waals surface area contributed by atoms with Crippen molar-refractivity contribution in [2.24, 2.45) is 0 Å². The number of carbonyl (C=O) groups is 2. The van der Waals surface area contributed by atoms with Crippen molar-refractivity contribution in [1.82, 2.24) is 0 Å². The van der Waals surface area contributed by atoms with Crippen LogP contribution in [0.2, 0.25) is 0 Å². The standard InChI is InChI=1S/C18H12O5/c19-15(11-7-3-1-4-8-11)13-14(18-21-17(13)22-23-18)16(20)12-9-5-2-6-10-12/h1-10,17-18H. The van der Waals surface area contributed by atoms with E-state index in [1.54, 1.807) is 48.5 Å². The van der Waals surface area contributed by atoms with Gasteiger partial charge in [-0.05, 0) is 0 Å². The average Bonchev–Trinajstić information content (AvgIpc) is 3.23. The Balaban J connectivity index is 1.79. The van der Waals surface area contributed by atoms with E-state index in [2.05, 4.69) is 0 Å². The summed E-state index contributed by atoms with van der Waals surface area (Å²) in [6, 6.07) is 17.4. The molecule has 0 amide bonds. The number of ketones is 2. The Morgan fingerprint density at radius 2 is 1.04 bits per heavy atom. The molecular weight excluding hydrogens is 296 g/mol. The average molecular weight is 308 g/mol. The topological polar surface area (TPSA) is 61.8 Å². The van der Waals surface area contributed by atoms with Crippen LogP contribution in [0.25, 0.3) is 0 Å². The molecule has 0 aromatic heterocycles.